The predicted molar refractivity (Wildman–Crippen MR) is 71.3 cm³/mol. The topological polar surface area (TPSA) is 9.23 Å². The highest BCUT2D eigenvalue weighted by atomic mass is 19.1. The Balaban J connectivity index is 2.13. The number of benzene rings is 2. The van der Waals surface area contributed by atoms with E-state index in [0.29, 0.717) is 17.9 Å². The van der Waals surface area contributed by atoms with Gasteiger partial charge in [0.05, 0.1) is 0 Å². The van der Waals surface area contributed by atoms with Crippen LogP contribution in [0.5, 0.6) is 5.75 Å². The predicted octanol–water partition coefficient (Wildman–Crippen LogP) is 4.53. The van der Waals surface area contributed by atoms with Gasteiger partial charge < -0.3 is 4.74 Å². The van der Waals surface area contributed by atoms with Gasteiger partial charge in [-0.15, -0.1) is 0 Å². The average molecular weight is 244 g/mol. The van der Waals surface area contributed by atoms with Crippen molar-refractivity contribution in [2.75, 3.05) is 0 Å². The first-order valence-electron chi connectivity index (χ1n) is 6.13. The van der Waals surface area contributed by atoms with E-state index in [1.54, 1.807) is 12.1 Å². The Morgan fingerprint density at radius 2 is 1.72 bits per heavy atom. The lowest BCUT2D eigenvalue weighted by molar-refractivity contribution is 0.289. The zero-order valence-electron chi connectivity index (χ0n) is 10.7. The molecule has 2 aromatic carbocycles. The van der Waals surface area contributed by atoms with Crippen LogP contribution in [0.1, 0.15) is 30.9 Å². The fourth-order valence-corrected chi connectivity index (χ4v) is 1.82. The monoisotopic (exact) mass is 244 g/mol. The summed E-state index contributed by atoms with van der Waals surface area (Å²) in [6.45, 7) is 4.33. The number of rotatable bonds is 4. The third-order valence-corrected chi connectivity index (χ3v) is 2.85. The summed E-state index contributed by atoms with van der Waals surface area (Å²) >= 11 is 0. The van der Waals surface area contributed by atoms with Crippen molar-refractivity contribution in [3.8, 4) is 5.75 Å². The largest absolute Gasteiger partial charge is 0.486 e. The molecule has 0 aliphatic rings. The lowest BCUT2D eigenvalue weighted by Gasteiger charge is -2.12. The van der Waals surface area contributed by atoms with Crippen LogP contribution in [0.2, 0.25) is 0 Å². The van der Waals surface area contributed by atoms with E-state index in [2.05, 4.69) is 0 Å². The molecular weight excluding hydrogens is 227 g/mol. The maximum Gasteiger partial charge on any atom is 0.168 e. The number of halogens is 1. The van der Waals surface area contributed by atoms with Crippen molar-refractivity contribution in [3.05, 3.63) is 65.5 Å². The van der Waals surface area contributed by atoms with Gasteiger partial charge in [0, 0.05) is 0 Å². The second-order valence-corrected chi connectivity index (χ2v) is 4.59. The van der Waals surface area contributed by atoms with Crippen molar-refractivity contribution in [3.63, 3.8) is 0 Å². The summed E-state index contributed by atoms with van der Waals surface area (Å²) in [5, 5.41) is 0. The molecule has 0 aliphatic carbocycles. The average Bonchev–Trinajstić information content (AvgIpc) is 2.38. The molecule has 0 unspecified atom stereocenters. The van der Waals surface area contributed by atoms with Gasteiger partial charge in [0.15, 0.2) is 11.6 Å². The molecule has 18 heavy (non-hydrogen) atoms. The molecule has 0 heterocycles. The Morgan fingerprint density at radius 1 is 1.00 bits per heavy atom. The number of hydrogen-bond donors (Lipinski definition) is 0. The van der Waals surface area contributed by atoms with Crippen LogP contribution in [0.4, 0.5) is 4.39 Å². The Morgan fingerprint density at radius 3 is 2.39 bits per heavy atom. The Hall–Kier alpha value is -1.83. The highest BCUT2D eigenvalue weighted by molar-refractivity contribution is 5.33. The maximum absolute atomic E-state index is 14.1. The van der Waals surface area contributed by atoms with Crippen LogP contribution < -0.4 is 4.74 Å². The van der Waals surface area contributed by atoms with Crippen LogP contribution in [-0.2, 0) is 6.61 Å². The van der Waals surface area contributed by atoms with Crippen LogP contribution in [0.15, 0.2) is 48.5 Å². The molecular formula is C16H17FO. The molecule has 0 saturated heterocycles. The van der Waals surface area contributed by atoms with Gasteiger partial charge in [-0.2, -0.15) is 0 Å². The summed E-state index contributed by atoms with van der Waals surface area (Å²) in [7, 11) is 0. The minimum absolute atomic E-state index is 0.158. The molecule has 0 radical (unpaired) electrons. The third-order valence-electron chi connectivity index (χ3n) is 2.85. The van der Waals surface area contributed by atoms with Crippen LogP contribution >= 0.6 is 0 Å². The van der Waals surface area contributed by atoms with Gasteiger partial charge in [-0.05, 0) is 23.1 Å². The van der Waals surface area contributed by atoms with E-state index < -0.39 is 0 Å². The standard InChI is InChI=1S/C16H17FO/c1-12(2)14-9-6-10-15(16(14)17)18-11-13-7-4-3-5-8-13/h3-10,12H,11H2,1-2H3. The van der Waals surface area contributed by atoms with Gasteiger partial charge >= 0.3 is 0 Å². The van der Waals surface area contributed by atoms with Crippen molar-refractivity contribution < 1.29 is 9.13 Å². The van der Waals surface area contributed by atoms with E-state index in [-0.39, 0.29) is 11.7 Å². The van der Waals surface area contributed by atoms with Crippen LogP contribution in [0, 0.1) is 5.82 Å². The normalized spacial score (nSPS) is 10.7. The van der Waals surface area contributed by atoms with E-state index >= 15 is 0 Å². The maximum atomic E-state index is 14.1. The molecule has 0 aliphatic heterocycles. The van der Waals surface area contributed by atoms with Gasteiger partial charge in [0.25, 0.3) is 0 Å². The quantitative estimate of drug-likeness (QED) is 0.767. The molecule has 0 saturated carbocycles. The van der Waals surface area contributed by atoms with Gasteiger partial charge in [0.2, 0.25) is 0 Å². The highest BCUT2D eigenvalue weighted by Crippen LogP contribution is 2.26. The van der Waals surface area contributed by atoms with Crippen LogP contribution in [0.3, 0.4) is 0 Å². The van der Waals surface area contributed by atoms with Crippen LogP contribution in [-0.4, -0.2) is 0 Å². The molecule has 94 valence electrons. The molecule has 2 aromatic rings. The summed E-state index contributed by atoms with van der Waals surface area (Å²) < 4.78 is 19.6. The lowest BCUT2D eigenvalue weighted by atomic mass is 10.0. The Kier molecular flexibility index (Phi) is 3.98. The fraction of sp³-hybridized carbons (Fsp3) is 0.250. The summed E-state index contributed by atoms with van der Waals surface area (Å²) in [6, 6.07) is 15.1. The highest BCUT2D eigenvalue weighted by Gasteiger charge is 2.11. The van der Waals surface area contributed by atoms with E-state index in [1.807, 2.05) is 50.2 Å². The summed E-state index contributed by atoms with van der Waals surface area (Å²) in [6.07, 6.45) is 0. The fourth-order valence-electron chi connectivity index (χ4n) is 1.82. The first-order chi connectivity index (χ1) is 8.68. The second-order valence-electron chi connectivity index (χ2n) is 4.59. The molecule has 0 N–H and O–H groups in total. The minimum Gasteiger partial charge on any atom is -0.486 e. The van der Waals surface area contributed by atoms with Gasteiger partial charge in [-0.1, -0.05) is 56.3 Å². The molecule has 2 heteroatoms. The van der Waals surface area contributed by atoms with Crippen molar-refractivity contribution in [1.29, 1.82) is 0 Å². The van der Waals surface area contributed by atoms with E-state index in [0.717, 1.165) is 5.56 Å². The van der Waals surface area contributed by atoms with E-state index in [9.17, 15) is 4.39 Å². The van der Waals surface area contributed by atoms with Gasteiger partial charge in [-0.3, -0.25) is 0 Å². The van der Waals surface area contributed by atoms with E-state index in [4.69, 9.17) is 4.74 Å². The van der Waals surface area contributed by atoms with Crippen LogP contribution in [0.25, 0.3) is 0 Å². The Labute approximate surface area is 107 Å². The summed E-state index contributed by atoms with van der Waals surface area (Å²) in [5.41, 5.74) is 1.73. The Bertz CT molecular complexity index is 506. The smallest absolute Gasteiger partial charge is 0.168 e. The van der Waals surface area contributed by atoms with Crippen molar-refractivity contribution in [2.24, 2.45) is 0 Å². The van der Waals surface area contributed by atoms with Gasteiger partial charge in [-0.25, -0.2) is 4.39 Å². The molecule has 0 bridgehead atoms. The zero-order valence-corrected chi connectivity index (χ0v) is 10.7. The minimum atomic E-state index is -0.247. The number of ether oxygens (including phenoxy) is 1. The summed E-state index contributed by atoms with van der Waals surface area (Å²) in [4.78, 5) is 0. The lowest BCUT2D eigenvalue weighted by Crippen LogP contribution is -2.00. The van der Waals surface area contributed by atoms with Crippen molar-refractivity contribution in [2.45, 2.75) is 26.4 Å². The first kappa shape index (κ1) is 12.6. The van der Waals surface area contributed by atoms with Crippen molar-refractivity contribution >= 4 is 0 Å². The second kappa shape index (κ2) is 5.67. The number of hydrogen-bond acceptors (Lipinski definition) is 1. The van der Waals surface area contributed by atoms with Crippen molar-refractivity contribution in [1.82, 2.24) is 0 Å². The van der Waals surface area contributed by atoms with E-state index in [1.165, 1.54) is 0 Å². The zero-order chi connectivity index (χ0) is 13.0. The third kappa shape index (κ3) is 2.89. The molecule has 0 spiro atoms. The first-order valence-corrected chi connectivity index (χ1v) is 6.13. The molecule has 0 atom stereocenters. The molecule has 0 amide bonds. The molecule has 0 aromatic heterocycles. The molecule has 2 rings (SSSR count). The molecule has 0 fully saturated rings. The summed E-state index contributed by atoms with van der Waals surface area (Å²) in [5.74, 6) is 0.235. The SMILES string of the molecule is CC(C)c1cccc(OCc2ccccc2)c1F. The van der Waals surface area contributed by atoms with Gasteiger partial charge in [0.1, 0.15) is 6.61 Å². The molecule has 1 nitrogen and oxygen atoms in total.